The molecule has 2 amide bonds. The molecule has 3 atom stereocenters. The molecule has 1 aromatic carbocycles. The van der Waals surface area contributed by atoms with Crippen LogP contribution in [0.25, 0.3) is 0 Å². The van der Waals surface area contributed by atoms with E-state index in [1.165, 1.54) is 39.1 Å². The summed E-state index contributed by atoms with van der Waals surface area (Å²) in [5, 5.41) is 9.20. The summed E-state index contributed by atoms with van der Waals surface area (Å²) < 4.78 is 0. The number of fused-ring (bicyclic) bond motifs is 4. The predicted molar refractivity (Wildman–Crippen MR) is 112 cm³/mol. The molecule has 4 aliphatic rings. The smallest absolute Gasteiger partial charge is 0.261 e. The third-order valence-corrected chi connectivity index (χ3v) is 10.2. The molecular weight excluding hydrogens is 390 g/mol. The van der Waals surface area contributed by atoms with Crippen molar-refractivity contribution in [2.24, 2.45) is 0 Å². The first kappa shape index (κ1) is 19.7. The van der Waals surface area contributed by atoms with Gasteiger partial charge in [-0.15, -0.1) is 0 Å². The minimum Gasteiger partial charge on any atom is -0.319 e. The molecule has 5 nitrogen and oxygen atoms in total. The monoisotopic (exact) mass is 415 g/mol. The summed E-state index contributed by atoms with van der Waals surface area (Å²) in [6, 6.07) is 8.55. The largest absolute Gasteiger partial charge is 0.319 e. The van der Waals surface area contributed by atoms with Gasteiger partial charge >= 0.3 is 0 Å². The molecule has 3 saturated heterocycles. The molecular formula is C21H25N3O2S2. The van der Waals surface area contributed by atoms with Gasteiger partial charge in [-0.05, 0) is 49.3 Å². The van der Waals surface area contributed by atoms with Gasteiger partial charge in [0.05, 0.1) is 12.1 Å². The molecule has 7 heteroatoms. The summed E-state index contributed by atoms with van der Waals surface area (Å²) in [6.45, 7) is 3.90. The summed E-state index contributed by atoms with van der Waals surface area (Å²) in [4.78, 5) is 28.6. The molecule has 1 aromatic rings. The highest BCUT2D eigenvalue weighted by atomic mass is 33.1. The molecule has 3 aliphatic heterocycles. The van der Waals surface area contributed by atoms with Crippen molar-refractivity contribution in [3.8, 4) is 6.07 Å². The van der Waals surface area contributed by atoms with E-state index in [-0.39, 0.29) is 24.3 Å². The van der Waals surface area contributed by atoms with E-state index in [2.05, 4.69) is 31.2 Å². The highest BCUT2D eigenvalue weighted by molar-refractivity contribution is 8.78. The molecule has 2 bridgehead atoms. The zero-order valence-electron chi connectivity index (χ0n) is 16.5. The van der Waals surface area contributed by atoms with E-state index < -0.39 is 9.74 Å². The molecule has 3 unspecified atom stereocenters. The Balaban J connectivity index is 1.81. The molecule has 1 aliphatic carbocycles. The normalized spacial score (nSPS) is 29.8. The maximum atomic E-state index is 13.7. The summed E-state index contributed by atoms with van der Waals surface area (Å²) >= 11 is 0. The van der Waals surface area contributed by atoms with Crippen LogP contribution in [0.2, 0.25) is 0 Å². The predicted octanol–water partition coefficient (Wildman–Crippen LogP) is 4.04. The van der Waals surface area contributed by atoms with Crippen molar-refractivity contribution >= 4 is 33.4 Å². The van der Waals surface area contributed by atoms with Crippen LogP contribution in [-0.2, 0) is 22.4 Å². The molecule has 3 heterocycles. The van der Waals surface area contributed by atoms with Crippen molar-refractivity contribution in [2.45, 2.75) is 68.2 Å². The van der Waals surface area contributed by atoms with Gasteiger partial charge in [-0.2, -0.15) is 5.26 Å². The zero-order chi connectivity index (χ0) is 20.1. The van der Waals surface area contributed by atoms with Crippen molar-refractivity contribution in [3.63, 3.8) is 0 Å². The van der Waals surface area contributed by atoms with E-state index in [0.717, 1.165) is 24.8 Å². The van der Waals surface area contributed by atoms with E-state index in [0.29, 0.717) is 6.42 Å². The van der Waals surface area contributed by atoms with Crippen molar-refractivity contribution in [2.75, 3.05) is 7.05 Å². The molecule has 0 aromatic heterocycles. The average Bonchev–Trinajstić information content (AvgIpc) is 3.17. The van der Waals surface area contributed by atoms with Crippen LogP contribution in [0.5, 0.6) is 0 Å². The second-order valence-corrected chi connectivity index (χ2v) is 10.7. The fourth-order valence-electron chi connectivity index (χ4n) is 4.66. The molecule has 0 radical (unpaired) electrons. The van der Waals surface area contributed by atoms with Crippen LogP contribution >= 0.6 is 21.6 Å². The fourth-order valence-corrected chi connectivity index (χ4v) is 8.16. The van der Waals surface area contributed by atoms with Crippen molar-refractivity contribution in [1.82, 2.24) is 9.80 Å². The van der Waals surface area contributed by atoms with Gasteiger partial charge in [0.1, 0.15) is 0 Å². The Bertz CT molecular complexity index is 883. The van der Waals surface area contributed by atoms with E-state index >= 15 is 0 Å². The Kier molecular flexibility index (Phi) is 4.91. The van der Waals surface area contributed by atoms with E-state index in [9.17, 15) is 14.9 Å². The van der Waals surface area contributed by atoms with Crippen LogP contribution in [0.1, 0.15) is 62.3 Å². The number of piperazine rings is 1. The summed E-state index contributed by atoms with van der Waals surface area (Å²) in [5.74, 6) is -0.0863. The highest BCUT2D eigenvalue weighted by Crippen LogP contribution is 2.62. The Morgan fingerprint density at radius 3 is 2.68 bits per heavy atom. The minimum absolute atomic E-state index is 0.0244. The Labute approximate surface area is 174 Å². The van der Waals surface area contributed by atoms with Gasteiger partial charge in [0.2, 0.25) is 0 Å². The first-order chi connectivity index (χ1) is 13.4. The molecule has 3 fully saturated rings. The standard InChI is InChI=1S/C21H25N3O2S2/c1-4-17(16-10-9-14-7-5-8-15(14)13-16)24-18(25)20(2)23(3)19(26)21(24,28-27-20)11-6-12-22/h9-10,13,17H,4-8,11H2,1-3H3. The summed E-state index contributed by atoms with van der Waals surface area (Å²) in [6.07, 6.45) is 4.71. The lowest BCUT2D eigenvalue weighted by atomic mass is 9.92. The highest BCUT2D eigenvalue weighted by Gasteiger charge is 2.67. The number of likely N-dealkylation sites (N-methyl/N-ethyl adjacent to an activating group) is 1. The quantitative estimate of drug-likeness (QED) is 0.679. The van der Waals surface area contributed by atoms with Gasteiger partial charge in [0, 0.05) is 19.9 Å². The lowest BCUT2D eigenvalue weighted by molar-refractivity contribution is -0.168. The van der Waals surface area contributed by atoms with Gasteiger partial charge in [0.25, 0.3) is 11.8 Å². The van der Waals surface area contributed by atoms with Crippen LogP contribution in [0.15, 0.2) is 18.2 Å². The number of benzene rings is 1. The number of hydrogen-bond donors (Lipinski definition) is 0. The number of carbonyl (C=O) groups excluding carboxylic acids is 2. The number of hydrogen-bond acceptors (Lipinski definition) is 5. The molecule has 28 heavy (non-hydrogen) atoms. The number of aryl methyl sites for hydroxylation is 2. The second-order valence-electron chi connectivity index (χ2n) is 7.94. The lowest BCUT2D eigenvalue weighted by Crippen LogP contribution is -2.75. The zero-order valence-corrected chi connectivity index (χ0v) is 18.2. The Hall–Kier alpha value is -1.65. The van der Waals surface area contributed by atoms with E-state index in [1.807, 2.05) is 11.8 Å². The molecule has 0 saturated carbocycles. The molecule has 148 valence electrons. The minimum atomic E-state index is -1.01. The average molecular weight is 416 g/mol. The summed E-state index contributed by atoms with van der Waals surface area (Å²) in [7, 11) is 4.63. The van der Waals surface area contributed by atoms with Crippen molar-refractivity contribution < 1.29 is 9.59 Å². The molecule has 0 N–H and O–H groups in total. The van der Waals surface area contributed by atoms with Crippen LogP contribution in [0.3, 0.4) is 0 Å². The van der Waals surface area contributed by atoms with Crippen molar-refractivity contribution in [3.05, 3.63) is 34.9 Å². The van der Waals surface area contributed by atoms with E-state index in [4.69, 9.17) is 0 Å². The SMILES string of the molecule is CCC(c1ccc2c(c1)CCC2)N1C(=O)C2(C)SSC1(CCC#N)C(=O)N2C. The fraction of sp³-hybridized carbons (Fsp3) is 0.571. The number of nitrogens with zero attached hydrogens (tertiary/aromatic N) is 3. The third-order valence-electron chi connectivity index (χ3n) is 6.41. The maximum Gasteiger partial charge on any atom is 0.261 e. The van der Waals surface area contributed by atoms with Gasteiger partial charge in [-0.1, -0.05) is 46.7 Å². The maximum absolute atomic E-state index is 13.7. The number of nitriles is 1. The van der Waals surface area contributed by atoms with Gasteiger partial charge in [0.15, 0.2) is 9.74 Å². The molecule has 5 rings (SSSR count). The van der Waals surface area contributed by atoms with Gasteiger partial charge in [-0.25, -0.2) is 0 Å². The number of rotatable bonds is 5. The van der Waals surface area contributed by atoms with Crippen LogP contribution < -0.4 is 0 Å². The van der Waals surface area contributed by atoms with Gasteiger partial charge in [-0.3, -0.25) is 9.59 Å². The van der Waals surface area contributed by atoms with Gasteiger partial charge < -0.3 is 9.80 Å². The van der Waals surface area contributed by atoms with Crippen molar-refractivity contribution in [1.29, 1.82) is 5.26 Å². The summed E-state index contributed by atoms with van der Waals surface area (Å²) in [5.41, 5.74) is 3.87. The van der Waals surface area contributed by atoms with Crippen LogP contribution in [-0.4, -0.2) is 38.4 Å². The number of carbonyl (C=O) groups is 2. The Morgan fingerprint density at radius 1 is 1.21 bits per heavy atom. The first-order valence-corrected chi connectivity index (χ1v) is 12.0. The third kappa shape index (κ3) is 2.61. The first-order valence-electron chi connectivity index (χ1n) is 9.86. The van der Waals surface area contributed by atoms with Crippen LogP contribution in [0, 0.1) is 11.3 Å². The molecule has 0 spiro atoms. The van der Waals surface area contributed by atoms with E-state index in [1.54, 1.807) is 11.9 Å². The number of amides is 2. The second kappa shape index (κ2) is 7.00. The lowest BCUT2D eigenvalue weighted by Gasteiger charge is -2.60. The topological polar surface area (TPSA) is 64.4 Å². The Morgan fingerprint density at radius 2 is 1.96 bits per heavy atom. The van der Waals surface area contributed by atoms with Crippen LogP contribution in [0.4, 0.5) is 0 Å².